The first-order valence-electron chi connectivity index (χ1n) is 8.37. The zero-order valence-electron chi connectivity index (χ0n) is 14.2. The van der Waals surface area contributed by atoms with Crippen LogP contribution in [0.15, 0.2) is 67.1 Å². The first-order chi connectivity index (χ1) is 12.2. The van der Waals surface area contributed by atoms with E-state index in [0.29, 0.717) is 0 Å². The largest absolute Gasteiger partial charge is 0.264 e. The van der Waals surface area contributed by atoms with Crippen LogP contribution < -0.4 is 4.57 Å². The lowest BCUT2D eigenvalue weighted by Gasteiger charge is -2.05. The molecule has 5 rings (SSSR count). The first-order valence-corrected chi connectivity index (χ1v) is 9.19. The monoisotopic (exact) mass is 341 g/mol. The molecule has 0 amide bonds. The molecule has 0 unspecified atom stereocenters. The Morgan fingerprint density at radius 3 is 2.60 bits per heavy atom. The molecule has 120 valence electrons. The molecule has 2 aromatic carbocycles. The molecule has 0 aliphatic carbocycles. The van der Waals surface area contributed by atoms with Gasteiger partial charge in [0.25, 0.3) is 0 Å². The van der Waals surface area contributed by atoms with E-state index >= 15 is 0 Å². The number of aromatic nitrogens is 2. The standard InChI is InChI=1S/C22H17N2S/c1-14-5-3-4-6-16(14)20-22-19(10-12-24(20)2)18-8-7-15-13-23-11-9-17(15)21(18)25-22/h3-13H,1-2H3/q+1. The normalized spacial score (nSPS) is 11.6. The highest BCUT2D eigenvalue weighted by atomic mass is 32.1. The Labute approximate surface area is 150 Å². The van der Waals surface area contributed by atoms with Crippen molar-refractivity contribution < 1.29 is 4.57 Å². The summed E-state index contributed by atoms with van der Waals surface area (Å²) in [6.45, 7) is 2.18. The van der Waals surface area contributed by atoms with Crippen LogP contribution >= 0.6 is 11.3 Å². The summed E-state index contributed by atoms with van der Waals surface area (Å²) in [4.78, 5) is 4.26. The number of aryl methyl sites for hydroxylation is 2. The number of benzene rings is 2. The average molecular weight is 341 g/mol. The van der Waals surface area contributed by atoms with Gasteiger partial charge in [-0.3, -0.25) is 4.98 Å². The van der Waals surface area contributed by atoms with E-state index in [1.807, 2.05) is 23.7 Å². The highest BCUT2D eigenvalue weighted by Gasteiger charge is 2.20. The molecule has 0 saturated carbocycles. The van der Waals surface area contributed by atoms with Gasteiger partial charge < -0.3 is 0 Å². The molecule has 0 saturated heterocycles. The summed E-state index contributed by atoms with van der Waals surface area (Å²) in [7, 11) is 2.13. The predicted octanol–water partition coefficient (Wildman–Crippen LogP) is 5.40. The van der Waals surface area contributed by atoms with E-state index < -0.39 is 0 Å². The summed E-state index contributed by atoms with van der Waals surface area (Å²) < 4.78 is 4.93. The SMILES string of the molecule is Cc1ccccc1-c1c2sc3c4ccncc4ccc3c2cc[n+]1C. The first kappa shape index (κ1) is 14.6. The molecular formula is C22H17N2S+. The lowest BCUT2D eigenvalue weighted by molar-refractivity contribution is -0.659. The molecule has 3 aromatic heterocycles. The summed E-state index contributed by atoms with van der Waals surface area (Å²) >= 11 is 1.89. The third-order valence-electron chi connectivity index (χ3n) is 4.94. The second kappa shape index (κ2) is 5.36. The summed E-state index contributed by atoms with van der Waals surface area (Å²) in [6, 6.07) is 17.4. The number of thiophene rings is 1. The van der Waals surface area contributed by atoms with Gasteiger partial charge in [0, 0.05) is 44.7 Å². The fourth-order valence-electron chi connectivity index (χ4n) is 3.65. The van der Waals surface area contributed by atoms with Crippen molar-refractivity contribution in [1.29, 1.82) is 0 Å². The van der Waals surface area contributed by atoms with Gasteiger partial charge in [-0.1, -0.05) is 30.3 Å². The van der Waals surface area contributed by atoms with Gasteiger partial charge in [-0.2, -0.15) is 4.57 Å². The predicted molar refractivity (Wildman–Crippen MR) is 106 cm³/mol. The van der Waals surface area contributed by atoms with Gasteiger partial charge >= 0.3 is 0 Å². The van der Waals surface area contributed by atoms with Crippen LogP contribution in [0.25, 0.3) is 42.2 Å². The summed E-state index contributed by atoms with van der Waals surface area (Å²) in [5.41, 5.74) is 3.89. The molecule has 3 heterocycles. The molecule has 0 N–H and O–H groups in total. The second-order valence-corrected chi connectivity index (χ2v) is 7.49. The van der Waals surface area contributed by atoms with Crippen LogP contribution in [0.2, 0.25) is 0 Å². The van der Waals surface area contributed by atoms with E-state index in [0.717, 1.165) is 0 Å². The maximum Gasteiger partial charge on any atom is 0.230 e. The highest BCUT2D eigenvalue weighted by Crippen LogP contribution is 2.41. The second-order valence-electron chi connectivity index (χ2n) is 6.47. The molecule has 0 radical (unpaired) electrons. The third kappa shape index (κ3) is 2.09. The molecule has 0 fully saturated rings. The molecular weight excluding hydrogens is 324 g/mol. The lowest BCUT2D eigenvalue weighted by atomic mass is 10.0. The van der Waals surface area contributed by atoms with Crippen LogP contribution in [0.5, 0.6) is 0 Å². The molecule has 0 spiro atoms. The Bertz CT molecular complexity index is 1270. The van der Waals surface area contributed by atoms with Crippen molar-refractivity contribution in [2.24, 2.45) is 7.05 Å². The van der Waals surface area contributed by atoms with E-state index in [-0.39, 0.29) is 0 Å². The minimum absolute atomic E-state index is 1.20. The maximum atomic E-state index is 4.26. The smallest absolute Gasteiger partial charge is 0.230 e. The van der Waals surface area contributed by atoms with E-state index in [2.05, 4.69) is 78.3 Å². The summed E-state index contributed by atoms with van der Waals surface area (Å²) in [6.07, 6.45) is 6.00. The number of pyridine rings is 2. The summed E-state index contributed by atoms with van der Waals surface area (Å²) in [5.74, 6) is 0. The van der Waals surface area contributed by atoms with Crippen LogP contribution in [0.4, 0.5) is 0 Å². The van der Waals surface area contributed by atoms with Crippen molar-refractivity contribution in [3.05, 3.63) is 72.7 Å². The van der Waals surface area contributed by atoms with Crippen molar-refractivity contribution in [2.75, 3.05) is 0 Å². The molecule has 0 aliphatic heterocycles. The van der Waals surface area contributed by atoms with E-state index in [9.17, 15) is 0 Å². The van der Waals surface area contributed by atoms with Crippen molar-refractivity contribution in [3.8, 4) is 11.3 Å². The van der Waals surface area contributed by atoms with Gasteiger partial charge in [0.05, 0.1) is 5.56 Å². The number of rotatable bonds is 1. The van der Waals surface area contributed by atoms with Crippen molar-refractivity contribution >= 4 is 42.3 Å². The molecule has 3 heteroatoms. The number of hydrogen-bond acceptors (Lipinski definition) is 2. The average Bonchev–Trinajstić information content (AvgIpc) is 3.01. The Hall–Kier alpha value is -2.78. The van der Waals surface area contributed by atoms with Crippen molar-refractivity contribution in [3.63, 3.8) is 0 Å². The third-order valence-corrected chi connectivity index (χ3v) is 6.20. The molecule has 0 aliphatic rings. The maximum absolute atomic E-state index is 4.26. The molecule has 25 heavy (non-hydrogen) atoms. The van der Waals surface area contributed by atoms with Crippen LogP contribution in [-0.4, -0.2) is 4.98 Å². The zero-order chi connectivity index (χ0) is 17.0. The van der Waals surface area contributed by atoms with Gasteiger partial charge in [-0.25, -0.2) is 0 Å². The quantitative estimate of drug-likeness (QED) is 0.373. The number of nitrogens with zero attached hydrogens (tertiary/aromatic N) is 2. The van der Waals surface area contributed by atoms with Crippen LogP contribution in [0.1, 0.15) is 5.56 Å². The van der Waals surface area contributed by atoms with Crippen LogP contribution in [0, 0.1) is 6.92 Å². The Morgan fingerprint density at radius 1 is 0.880 bits per heavy atom. The number of hydrogen-bond donors (Lipinski definition) is 0. The lowest BCUT2D eigenvalue weighted by Crippen LogP contribution is -2.30. The zero-order valence-corrected chi connectivity index (χ0v) is 15.0. The highest BCUT2D eigenvalue weighted by molar-refractivity contribution is 7.27. The van der Waals surface area contributed by atoms with E-state index in [1.54, 1.807) is 0 Å². The van der Waals surface area contributed by atoms with E-state index in [4.69, 9.17) is 0 Å². The topological polar surface area (TPSA) is 16.8 Å². The van der Waals surface area contributed by atoms with Crippen molar-refractivity contribution in [2.45, 2.75) is 6.92 Å². The van der Waals surface area contributed by atoms with Crippen molar-refractivity contribution in [1.82, 2.24) is 4.98 Å². The van der Waals surface area contributed by atoms with E-state index in [1.165, 1.54) is 47.8 Å². The van der Waals surface area contributed by atoms with Crippen LogP contribution in [-0.2, 0) is 7.05 Å². The van der Waals surface area contributed by atoms with Gasteiger partial charge in [-0.15, -0.1) is 11.3 Å². The van der Waals surface area contributed by atoms with Gasteiger partial charge in [0.2, 0.25) is 5.69 Å². The Kier molecular flexibility index (Phi) is 3.12. The molecule has 5 aromatic rings. The van der Waals surface area contributed by atoms with Gasteiger partial charge in [-0.05, 0) is 24.6 Å². The van der Waals surface area contributed by atoms with Gasteiger partial charge in [0.15, 0.2) is 6.20 Å². The molecule has 0 bridgehead atoms. The summed E-state index contributed by atoms with van der Waals surface area (Å²) in [5, 5.41) is 5.14. The van der Waals surface area contributed by atoms with Gasteiger partial charge in [0.1, 0.15) is 11.7 Å². The Balaban J connectivity index is 1.98. The molecule has 2 nitrogen and oxygen atoms in total. The molecule has 0 atom stereocenters. The number of fused-ring (bicyclic) bond motifs is 5. The minimum Gasteiger partial charge on any atom is -0.264 e. The Morgan fingerprint density at radius 2 is 1.72 bits per heavy atom. The van der Waals surface area contributed by atoms with Crippen LogP contribution in [0.3, 0.4) is 0 Å². The minimum atomic E-state index is 1.20. The fourth-order valence-corrected chi connectivity index (χ4v) is 5.08. The fraction of sp³-hybridized carbons (Fsp3) is 0.0909.